The maximum absolute atomic E-state index is 14.9. The highest BCUT2D eigenvalue weighted by atomic mass is 19.1. The molecule has 1 atom stereocenters. The standard InChI is InChI=1S/C22H26F2N6/c1-22(2,3)30-21(25-26-27-30)20(16-8-4-5-9-17(16)23)29-14-12-28(13-15-29)19-11-7-6-10-18(19)24/h4-11,20H,12-15H2,1-3H3/p+1/t20-/m0/s1. The monoisotopic (exact) mass is 413 g/mol. The second kappa shape index (κ2) is 8.10. The van der Waals surface area contributed by atoms with Crippen LogP contribution in [0.15, 0.2) is 48.5 Å². The molecule has 158 valence electrons. The number of para-hydroxylation sites is 1. The number of rotatable bonds is 4. The Morgan fingerprint density at radius 1 is 0.933 bits per heavy atom. The van der Waals surface area contributed by atoms with Crippen LogP contribution in [0.25, 0.3) is 0 Å². The molecule has 3 aromatic rings. The first-order chi connectivity index (χ1) is 14.4. The molecule has 1 fully saturated rings. The van der Waals surface area contributed by atoms with Crippen LogP contribution in [0.2, 0.25) is 0 Å². The number of nitrogens with zero attached hydrogens (tertiary/aromatic N) is 5. The Morgan fingerprint density at radius 2 is 1.57 bits per heavy atom. The molecule has 1 saturated heterocycles. The van der Waals surface area contributed by atoms with Gasteiger partial charge in [0.1, 0.15) is 11.6 Å². The molecule has 8 heteroatoms. The number of anilines is 1. The lowest BCUT2D eigenvalue weighted by molar-refractivity contribution is -0.927. The van der Waals surface area contributed by atoms with Crippen molar-refractivity contribution in [1.82, 2.24) is 20.2 Å². The van der Waals surface area contributed by atoms with Gasteiger partial charge in [0.15, 0.2) is 6.04 Å². The molecule has 2 heterocycles. The van der Waals surface area contributed by atoms with Gasteiger partial charge in [-0.3, -0.25) is 0 Å². The van der Waals surface area contributed by atoms with E-state index in [1.165, 1.54) is 12.1 Å². The Balaban J connectivity index is 1.66. The lowest BCUT2D eigenvalue weighted by Crippen LogP contribution is -3.15. The van der Waals surface area contributed by atoms with E-state index in [2.05, 4.69) is 15.5 Å². The van der Waals surface area contributed by atoms with Crippen molar-refractivity contribution in [2.75, 3.05) is 31.1 Å². The predicted molar refractivity (Wildman–Crippen MR) is 110 cm³/mol. The highest BCUT2D eigenvalue weighted by Crippen LogP contribution is 2.25. The quantitative estimate of drug-likeness (QED) is 0.713. The average Bonchev–Trinajstić information content (AvgIpc) is 3.21. The fraction of sp³-hybridized carbons (Fsp3) is 0.409. The minimum Gasteiger partial charge on any atom is -0.358 e. The number of hydrogen-bond donors (Lipinski definition) is 1. The molecule has 2 aromatic carbocycles. The summed E-state index contributed by atoms with van der Waals surface area (Å²) in [5.41, 5.74) is 0.849. The molecular weight excluding hydrogens is 386 g/mol. The minimum atomic E-state index is -0.344. The second-order valence-corrected chi connectivity index (χ2v) is 8.67. The van der Waals surface area contributed by atoms with E-state index in [0.29, 0.717) is 43.3 Å². The smallest absolute Gasteiger partial charge is 0.214 e. The average molecular weight is 413 g/mol. The number of quaternary nitrogens is 1. The number of nitrogens with one attached hydrogen (secondary N) is 1. The van der Waals surface area contributed by atoms with Crippen LogP contribution in [-0.2, 0) is 5.54 Å². The number of benzene rings is 2. The van der Waals surface area contributed by atoms with Crippen molar-refractivity contribution < 1.29 is 13.7 Å². The molecule has 1 aromatic heterocycles. The van der Waals surface area contributed by atoms with E-state index in [1.807, 2.05) is 37.8 Å². The molecule has 1 aliphatic heterocycles. The Bertz CT molecular complexity index is 1000. The maximum Gasteiger partial charge on any atom is 0.214 e. The van der Waals surface area contributed by atoms with Gasteiger partial charge in [-0.25, -0.2) is 13.5 Å². The molecule has 1 N–H and O–H groups in total. The molecule has 0 unspecified atom stereocenters. The Kier molecular flexibility index (Phi) is 5.51. The Morgan fingerprint density at radius 3 is 2.20 bits per heavy atom. The fourth-order valence-corrected chi connectivity index (χ4v) is 4.13. The topological polar surface area (TPSA) is 51.3 Å². The van der Waals surface area contributed by atoms with Crippen LogP contribution in [0.3, 0.4) is 0 Å². The molecule has 0 spiro atoms. The SMILES string of the molecule is CC(C)(C)n1nnnc1[C@H](c1ccccc1F)[NH+]1CCN(c2ccccc2F)CC1. The second-order valence-electron chi connectivity index (χ2n) is 8.67. The van der Waals surface area contributed by atoms with E-state index in [-0.39, 0.29) is 23.2 Å². The molecule has 0 saturated carbocycles. The Labute approximate surface area is 175 Å². The minimum absolute atomic E-state index is 0.219. The van der Waals surface area contributed by atoms with E-state index in [1.54, 1.807) is 28.9 Å². The van der Waals surface area contributed by atoms with Crippen LogP contribution in [0.5, 0.6) is 0 Å². The molecule has 6 nitrogen and oxygen atoms in total. The summed E-state index contributed by atoms with van der Waals surface area (Å²) in [5, 5.41) is 12.4. The van der Waals surface area contributed by atoms with Crippen molar-refractivity contribution >= 4 is 5.69 Å². The molecule has 0 radical (unpaired) electrons. The number of halogens is 2. The van der Waals surface area contributed by atoms with Crippen LogP contribution < -0.4 is 9.80 Å². The van der Waals surface area contributed by atoms with Gasteiger partial charge in [-0.15, -0.1) is 5.10 Å². The summed E-state index contributed by atoms with van der Waals surface area (Å²) in [6.07, 6.45) is 0. The third kappa shape index (κ3) is 3.92. The molecule has 0 aliphatic carbocycles. The van der Waals surface area contributed by atoms with Gasteiger partial charge in [0, 0.05) is 0 Å². The van der Waals surface area contributed by atoms with Crippen molar-refractivity contribution in [3.05, 3.63) is 71.6 Å². The van der Waals surface area contributed by atoms with E-state index in [4.69, 9.17) is 0 Å². The highest BCUT2D eigenvalue weighted by Gasteiger charge is 2.38. The first-order valence-electron chi connectivity index (χ1n) is 10.2. The lowest BCUT2D eigenvalue weighted by Gasteiger charge is -2.38. The first-order valence-corrected chi connectivity index (χ1v) is 10.2. The van der Waals surface area contributed by atoms with Crippen LogP contribution in [0.1, 0.15) is 38.2 Å². The number of aromatic nitrogens is 4. The van der Waals surface area contributed by atoms with Gasteiger partial charge < -0.3 is 9.80 Å². The van der Waals surface area contributed by atoms with Gasteiger partial charge in [0.2, 0.25) is 5.82 Å². The van der Waals surface area contributed by atoms with Crippen molar-refractivity contribution in [2.24, 2.45) is 0 Å². The zero-order chi connectivity index (χ0) is 21.3. The molecule has 0 bridgehead atoms. The summed E-state index contributed by atoms with van der Waals surface area (Å²) in [5.74, 6) is 0.153. The molecule has 4 rings (SSSR count). The molecular formula is C22H27F2N6+. The van der Waals surface area contributed by atoms with Crippen molar-refractivity contribution in [1.29, 1.82) is 0 Å². The molecule has 0 amide bonds. The van der Waals surface area contributed by atoms with Crippen LogP contribution >= 0.6 is 0 Å². The van der Waals surface area contributed by atoms with Gasteiger partial charge in [0.25, 0.3) is 0 Å². The third-order valence-corrected chi connectivity index (χ3v) is 5.61. The van der Waals surface area contributed by atoms with E-state index >= 15 is 0 Å². The largest absolute Gasteiger partial charge is 0.358 e. The van der Waals surface area contributed by atoms with Crippen molar-refractivity contribution in [3.63, 3.8) is 0 Å². The molecule has 1 aliphatic rings. The first kappa shape index (κ1) is 20.4. The summed E-state index contributed by atoms with van der Waals surface area (Å²) in [7, 11) is 0. The predicted octanol–water partition coefficient (Wildman–Crippen LogP) is 2.20. The molecule has 30 heavy (non-hydrogen) atoms. The highest BCUT2D eigenvalue weighted by molar-refractivity contribution is 5.47. The number of hydrogen-bond acceptors (Lipinski definition) is 4. The number of tetrazole rings is 1. The maximum atomic E-state index is 14.9. The van der Waals surface area contributed by atoms with Crippen molar-refractivity contribution in [2.45, 2.75) is 32.4 Å². The summed E-state index contributed by atoms with van der Waals surface area (Å²) in [6, 6.07) is 13.3. The third-order valence-electron chi connectivity index (χ3n) is 5.61. The van der Waals surface area contributed by atoms with Crippen LogP contribution in [-0.4, -0.2) is 46.4 Å². The van der Waals surface area contributed by atoms with Gasteiger partial charge in [-0.1, -0.05) is 24.3 Å². The zero-order valence-electron chi connectivity index (χ0n) is 17.5. The number of piperazine rings is 1. The van der Waals surface area contributed by atoms with E-state index in [0.717, 1.165) is 4.90 Å². The Hall–Kier alpha value is -2.87. The van der Waals surface area contributed by atoms with Crippen molar-refractivity contribution in [3.8, 4) is 0 Å². The van der Waals surface area contributed by atoms with E-state index < -0.39 is 0 Å². The normalized spacial score (nSPS) is 16.6. The zero-order valence-corrected chi connectivity index (χ0v) is 17.5. The van der Waals surface area contributed by atoms with E-state index in [9.17, 15) is 8.78 Å². The summed E-state index contributed by atoms with van der Waals surface area (Å²) >= 11 is 0. The van der Waals surface area contributed by atoms with Crippen LogP contribution in [0.4, 0.5) is 14.5 Å². The fourth-order valence-electron chi connectivity index (χ4n) is 4.13. The van der Waals surface area contributed by atoms with Gasteiger partial charge in [-0.05, 0) is 55.5 Å². The van der Waals surface area contributed by atoms with Gasteiger partial charge in [-0.2, -0.15) is 0 Å². The van der Waals surface area contributed by atoms with Gasteiger partial charge >= 0.3 is 0 Å². The van der Waals surface area contributed by atoms with Gasteiger partial charge in [0.05, 0.1) is 43.0 Å². The lowest BCUT2D eigenvalue weighted by atomic mass is 10.0. The summed E-state index contributed by atoms with van der Waals surface area (Å²) in [4.78, 5) is 3.21. The summed E-state index contributed by atoms with van der Waals surface area (Å²) < 4.78 is 30.9. The summed E-state index contributed by atoms with van der Waals surface area (Å²) in [6.45, 7) is 8.83. The van der Waals surface area contributed by atoms with Crippen LogP contribution in [0, 0.1) is 11.6 Å².